The molecule has 5 heterocycles. The van der Waals surface area contributed by atoms with Gasteiger partial charge < -0.3 is 25.2 Å². The Hall–Kier alpha value is -4.53. The van der Waals surface area contributed by atoms with E-state index in [4.69, 9.17) is 16.1 Å². The third-order valence-corrected chi connectivity index (χ3v) is 12.0. The Morgan fingerprint density at radius 2 is 1.76 bits per heavy atom. The van der Waals surface area contributed by atoms with Gasteiger partial charge in [0.25, 0.3) is 0 Å². The third-order valence-electron chi connectivity index (χ3n) is 12.0. The number of aromatic nitrogens is 2. The van der Waals surface area contributed by atoms with E-state index in [1.54, 1.807) is 12.1 Å². The average molecular weight is 680 g/mol. The predicted molar refractivity (Wildman–Crippen MR) is 185 cm³/mol. The molecule has 4 atom stereocenters. The van der Waals surface area contributed by atoms with Crippen molar-refractivity contribution in [3.05, 3.63) is 53.6 Å². The Balaban J connectivity index is 1.08. The van der Waals surface area contributed by atoms with E-state index < -0.39 is 17.6 Å². The van der Waals surface area contributed by atoms with Gasteiger partial charge in [0, 0.05) is 65.6 Å². The Kier molecular flexibility index (Phi) is 7.41. The molecule has 258 valence electrons. The second kappa shape index (κ2) is 11.8. The number of halogens is 2. The Morgan fingerprint density at radius 1 is 1.02 bits per heavy atom. The number of piperazine rings is 1. The summed E-state index contributed by atoms with van der Waals surface area (Å²) in [5, 5.41) is 25.3. The first kappa shape index (κ1) is 31.5. The number of piperidine rings is 1. The second-order valence-electron chi connectivity index (χ2n) is 15.2. The van der Waals surface area contributed by atoms with Gasteiger partial charge in [0.05, 0.1) is 18.1 Å². The zero-order chi connectivity index (χ0) is 34.3. The first-order chi connectivity index (χ1) is 24.2. The smallest absolute Gasteiger partial charge is 0.319 e. The van der Waals surface area contributed by atoms with E-state index in [9.17, 15) is 19.4 Å². The van der Waals surface area contributed by atoms with Gasteiger partial charge in [-0.3, -0.25) is 9.69 Å². The summed E-state index contributed by atoms with van der Waals surface area (Å²) in [5.41, 5.74) is 0.404. The monoisotopic (exact) mass is 679 g/mol. The van der Waals surface area contributed by atoms with E-state index in [-0.39, 0.29) is 57.4 Å². The number of carboxylic acid groups (broad SMARTS) is 1. The minimum absolute atomic E-state index is 0.00366. The van der Waals surface area contributed by atoms with Crippen molar-refractivity contribution in [1.29, 1.82) is 0 Å². The second-order valence-corrected chi connectivity index (χ2v) is 15.2. The molecular formula is C39H39F2N5O4. The minimum Gasteiger partial charge on any atom is -0.508 e. The Morgan fingerprint density at radius 3 is 2.44 bits per heavy atom. The normalized spacial score (nSPS) is 26.7. The summed E-state index contributed by atoms with van der Waals surface area (Å²) >= 11 is 0. The summed E-state index contributed by atoms with van der Waals surface area (Å²) in [5.74, 6) is 0.740. The number of carbonyl (C=O) groups is 1. The molecule has 0 radical (unpaired) electrons. The number of terminal acetylenes is 1. The molecule has 1 aromatic heterocycles. The van der Waals surface area contributed by atoms with Gasteiger partial charge >= 0.3 is 12.0 Å². The molecule has 9 rings (SSSR count). The SMILES string of the molecule is C#Cc1c(F)ccc2cc(O)cc(-c3ccc4c(N5CC6CCC(C5)N6)nc(OCC5(CN6C7CCC6CC(C(=O)O)C7)CC5)nc4c3F)c12. The van der Waals surface area contributed by atoms with Gasteiger partial charge in [0.2, 0.25) is 0 Å². The maximum Gasteiger partial charge on any atom is 0.319 e. The summed E-state index contributed by atoms with van der Waals surface area (Å²) in [4.78, 5) is 26.0. The molecule has 5 fully saturated rings. The van der Waals surface area contributed by atoms with Gasteiger partial charge in [-0.25, -0.2) is 8.78 Å². The van der Waals surface area contributed by atoms with E-state index in [1.807, 2.05) is 0 Å². The average Bonchev–Trinajstić information content (AvgIpc) is 3.74. The summed E-state index contributed by atoms with van der Waals surface area (Å²) < 4.78 is 38.3. The van der Waals surface area contributed by atoms with Crippen LogP contribution in [-0.2, 0) is 4.79 Å². The molecule has 1 aliphatic carbocycles. The number of fused-ring (bicyclic) bond motifs is 6. The molecule has 11 heteroatoms. The fraction of sp³-hybridized carbons (Fsp3) is 0.462. The predicted octanol–water partition coefficient (Wildman–Crippen LogP) is 5.84. The van der Waals surface area contributed by atoms with Gasteiger partial charge in [-0.2, -0.15) is 9.97 Å². The number of phenolic OH excluding ortho intramolecular Hbond substituents is 1. The van der Waals surface area contributed by atoms with Crippen molar-refractivity contribution in [3.8, 4) is 35.2 Å². The molecule has 4 aliphatic heterocycles. The molecule has 9 nitrogen and oxygen atoms in total. The van der Waals surface area contributed by atoms with Crippen LogP contribution in [0.3, 0.4) is 0 Å². The standard InChI is InChI=1S/C39H39F2N5O4/c1-2-28-32(40)10-3-21-15-27(47)16-31(33(21)28)29-8-9-30-35(34(29)41)43-38(44-36(30)45-17-23-4-5-24(18-45)42-23)50-20-39(11-12-39)19-46-25-6-7-26(46)14-22(13-25)37(48)49/h1,3,8-10,15-16,22-26,42,47H,4-7,11-14,17-20H2,(H,48,49). The number of anilines is 1. The molecule has 1 saturated carbocycles. The number of aromatic hydroxyl groups is 1. The lowest BCUT2D eigenvalue weighted by Gasteiger charge is -2.39. The minimum atomic E-state index is -0.691. The van der Waals surface area contributed by atoms with Crippen LogP contribution in [0.5, 0.6) is 11.8 Å². The van der Waals surface area contributed by atoms with E-state index in [0.717, 1.165) is 58.2 Å². The van der Waals surface area contributed by atoms with Crippen molar-refractivity contribution in [2.75, 3.05) is 31.1 Å². The van der Waals surface area contributed by atoms with E-state index >= 15 is 4.39 Å². The number of rotatable bonds is 8. The lowest BCUT2D eigenvalue weighted by atomic mass is 9.89. The summed E-state index contributed by atoms with van der Waals surface area (Å²) in [7, 11) is 0. The van der Waals surface area contributed by atoms with Gasteiger partial charge in [0.1, 0.15) is 22.9 Å². The first-order valence-corrected chi connectivity index (χ1v) is 17.7. The van der Waals surface area contributed by atoms with Crippen LogP contribution in [0, 0.1) is 35.3 Å². The number of benzene rings is 3. The molecule has 4 saturated heterocycles. The van der Waals surface area contributed by atoms with Crippen molar-refractivity contribution in [1.82, 2.24) is 20.2 Å². The maximum atomic E-state index is 17.0. The molecule has 4 aromatic rings. The lowest BCUT2D eigenvalue weighted by Crippen LogP contribution is -2.51. The number of nitrogens with one attached hydrogen (secondary N) is 1. The van der Waals surface area contributed by atoms with Gasteiger partial charge in [-0.05, 0) is 86.6 Å². The van der Waals surface area contributed by atoms with Crippen LogP contribution in [0.4, 0.5) is 14.6 Å². The number of aliphatic carboxylic acids is 1. The third kappa shape index (κ3) is 5.31. The number of nitrogens with zero attached hydrogens (tertiary/aromatic N) is 4. The van der Waals surface area contributed by atoms with Crippen LogP contribution in [0.15, 0.2) is 36.4 Å². The van der Waals surface area contributed by atoms with Crippen molar-refractivity contribution >= 4 is 33.5 Å². The highest BCUT2D eigenvalue weighted by atomic mass is 19.1. The summed E-state index contributed by atoms with van der Waals surface area (Å²) in [6, 6.07) is 10.4. The highest BCUT2D eigenvalue weighted by Crippen LogP contribution is 2.50. The highest BCUT2D eigenvalue weighted by molar-refractivity contribution is 6.04. The van der Waals surface area contributed by atoms with Gasteiger partial charge in [-0.15, -0.1) is 6.42 Å². The number of carboxylic acids is 1. The first-order valence-electron chi connectivity index (χ1n) is 17.7. The van der Waals surface area contributed by atoms with E-state index in [0.29, 0.717) is 53.5 Å². The molecule has 4 bridgehead atoms. The Labute approximate surface area is 288 Å². The van der Waals surface area contributed by atoms with E-state index in [1.165, 1.54) is 24.3 Å². The molecule has 50 heavy (non-hydrogen) atoms. The molecule has 4 unspecified atom stereocenters. The summed E-state index contributed by atoms with van der Waals surface area (Å²) in [6.45, 7) is 2.68. The van der Waals surface area contributed by atoms with Crippen LogP contribution in [0.2, 0.25) is 0 Å². The Bertz CT molecular complexity index is 2070. The molecule has 0 spiro atoms. The van der Waals surface area contributed by atoms with Crippen LogP contribution in [0.25, 0.3) is 32.8 Å². The lowest BCUT2D eigenvalue weighted by molar-refractivity contribution is -0.144. The number of phenols is 1. The molecule has 3 aromatic carbocycles. The fourth-order valence-corrected chi connectivity index (χ4v) is 9.25. The van der Waals surface area contributed by atoms with Crippen molar-refractivity contribution in [2.45, 2.75) is 75.5 Å². The molecule has 5 aliphatic rings. The number of hydrogen-bond donors (Lipinski definition) is 3. The van der Waals surface area contributed by atoms with E-state index in [2.05, 4.69) is 26.0 Å². The van der Waals surface area contributed by atoms with Crippen molar-refractivity contribution in [2.24, 2.45) is 11.3 Å². The van der Waals surface area contributed by atoms with Crippen molar-refractivity contribution < 1.29 is 28.5 Å². The highest BCUT2D eigenvalue weighted by Gasteiger charge is 2.51. The fourth-order valence-electron chi connectivity index (χ4n) is 9.25. The molecule has 3 N–H and O–H groups in total. The topological polar surface area (TPSA) is 111 Å². The molecule has 0 amide bonds. The molecular weight excluding hydrogens is 640 g/mol. The number of ether oxygens (including phenoxy) is 1. The zero-order valence-electron chi connectivity index (χ0n) is 27.7. The summed E-state index contributed by atoms with van der Waals surface area (Å²) in [6.07, 6.45) is 13.3. The van der Waals surface area contributed by atoms with Crippen molar-refractivity contribution in [3.63, 3.8) is 0 Å². The van der Waals surface area contributed by atoms with Crippen LogP contribution < -0.4 is 15.0 Å². The van der Waals surface area contributed by atoms with Crippen LogP contribution in [0.1, 0.15) is 56.9 Å². The van der Waals surface area contributed by atoms with Crippen LogP contribution in [-0.4, -0.2) is 81.5 Å². The van der Waals surface area contributed by atoms with Crippen LogP contribution >= 0.6 is 0 Å². The largest absolute Gasteiger partial charge is 0.508 e. The quantitative estimate of drug-likeness (QED) is 0.198. The number of hydrogen-bond acceptors (Lipinski definition) is 8. The van der Waals surface area contributed by atoms with Gasteiger partial charge in [0.15, 0.2) is 5.82 Å². The zero-order valence-corrected chi connectivity index (χ0v) is 27.7. The van der Waals surface area contributed by atoms with Gasteiger partial charge in [-0.1, -0.05) is 18.1 Å². The maximum absolute atomic E-state index is 17.0.